The van der Waals surface area contributed by atoms with Crippen LogP contribution in [0.25, 0.3) is 6.08 Å². The highest BCUT2D eigenvalue weighted by Gasteiger charge is 2.34. The first kappa shape index (κ1) is 25.9. The molecule has 1 atom stereocenters. The summed E-state index contributed by atoms with van der Waals surface area (Å²) in [6.45, 7) is 6.03. The number of thiocarbonyl (C=S) groups is 1. The molecule has 2 N–H and O–H groups in total. The summed E-state index contributed by atoms with van der Waals surface area (Å²) in [6, 6.07) is 22.4. The summed E-state index contributed by atoms with van der Waals surface area (Å²) in [5.41, 5.74) is 3.91. The molecule has 0 aromatic heterocycles. The van der Waals surface area contributed by atoms with Crippen molar-refractivity contribution in [3.05, 3.63) is 95.2 Å². The van der Waals surface area contributed by atoms with E-state index in [0.717, 1.165) is 16.7 Å². The first-order valence-corrected chi connectivity index (χ1v) is 12.4. The van der Waals surface area contributed by atoms with Crippen molar-refractivity contribution in [2.24, 2.45) is 0 Å². The van der Waals surface area contributed by atoms with Crippen LogP contribution < -0.4 is 20.1 Å². The molecule has 3 aromatic rings. The van der Waals surface area contributed by atoms with Crippen LogP contribution in [0.4, 0.5) is 5.69 Å². The third kappa shape index (κ3) is 6.34. The zero-order chi connectivity index (χ0) is 26.4. The quantitative estimate of drug-likeness (QED) is 0.300. The van der Waals surface area contributed by atoms with Gasteiger partial charge in [0.1, 0.15) is 5.70 Å². The standard InChI is InChI=1S/C29H29N3O4S/c1-4-35-26-17-21(12-15-25(26)36-18-27(33)30-23-13-10-19(2)11-14-23)16-24-28(34)32(29(37)31-24)20(3)22-8-6-5-7-9-22/h5-17,20H,4,18H2,1-3H3,(H,30,33)(H,31,37)/b24-16-. The van der Waals surface area contributed by atoms with Gasteiger partial charge in [-0.3, -0.25) is 14.5 Å². The number of amides is 2. The maximum Gasteiger partial charge on any atom is 0.277 e. The van der Waals surface area contributed by atoms with Crippen LogP contribution >= 0.6 is 12.2 Å². The molecule has 190 valence electrons. The lowest BCUT2D eigenvalue weighted by molar-refractivity contribution is -0.123. The topological polar surface area (TPSA) is 79.9 Å². The molecular weight excluding hydrogens is 486 g/mol. The first-order chi connectivity index (χ1) is 17.9. The molecule has 0 radical (unpaired) electrons. The monoisotopic (exact) mass is 515 g/mol. The lowest BCUT2D eigenvalue weighted by Gasteiger charge is -2.23. The molecule has 1 saturated heterocycles. The second-order valence-corrected chi connectivity index (χ2v) is 8.98. The number of anilines is 1. The van der Waals surface area contributed by atoms with E-state index in [2.05, 4.69) is 10.6 Å². The van der Waals surface area contributed by atoms with E-state index >= 15 is 0 Å². The number of benzene rings is 3. The molecule has 0 bridgehead atoms. The van der Waals surface area contributed by atoms with Gasteiger partial charge in [0.2, 0.25) is 0 Å². The average Bonchev–Trinajstić information content (AvgIpc) is 3.17. The molecule has 0 aliphatic carbocycles. The predicted octanol–water partition coefficient (Wildman–Crippen LogP) is 5.23. The number of rotatable bonds is 9. The van der Waals surface area contributed by atoms with Crippen LogP contribution in [0.1, 0.15) is 36.6 Å². The van der Waals surface area contributed by atoms with Crippen LogP contribution in [0.15, 0.2) is 78.5 Å². The number of carbonyl (C=O) groups is 2. The fraction of sp³-hybridized carbons (Fsp3) is 0.207. The number of aryl methyl sites for hydroxylation is 1. The van der Waals surface area contributed by atoms with Crippen molar-refractivity contribution in [3.63, 3.8) is 0 Å². The largest absolute Gasteiger partial charge is 0.490 e. The molecule has 37 heavy (non-hydrogen) atoms. The number of hydrogen-bond acceptors (Lipinski definition) is 5. The number of hydrogen-bond donors (Lipinski definition) is 2. The van der Waals surface area contributed by atoms with Crippen molar-refractivity contribution >= 4 is 40.9 Å². The Morgan fingerprint density at radius 2 is 1.78 bits per heavy atom. The number of ether oxygens (including phenoxy) is 2. The SMILES string of the molecule is CCOc1cc(/C=C2\NC(=S)N(C(C)c3ccccc3)C2=O)ccc1OCC(=O)Nc1ccc(C)cc1. The Labute approximate surface area is 222 Å². The molecule has 2 amide bonds. The van der Waals surface area contributed by atoms with Gasteiger partial charge >= 0.3 is 0 Å². The Hall–Kier alpha value is -4.17. The molecule has 0 saturated carbocycles. The van der Waals surface area contributed by atoms with Gasteiger partial charge < -0.3 is 20.1 Å². The summed E-state index contributed by atoms with van der Waals surface area (Å²) in [6.07, 6.45) is 1.72. The zero-order valence-electron chi connectivity index (χ0n) is 21.0. The summed E-state index contributed by atoms with van der Waals surface area (Å²) < 4.78 is 11.5. The second kappa shape index (κ2) is 11.7. The molecule has 1 unspecified atom stereocenters. The second-order valence-electron chi connectivity index (χ2n) is 8.59. The maximum absolute atomic E-state index is 13.2. The minimum atomic E-state index is -0.278. The van der Waals surface area contributed by atoms with E-state index in [9.17, 15) is 9.59 Å². The minimum absolute atomic E-state index is 0.172. The molecule has 1 aliphatic heterocycles. The van der Waals surface area contributed by atoms with Crippen molar-refractivity contribution in [1.29, 1.82) is 0 Å². The predicted molar refractivity (Wildman–Crippen MR) is 148 cm³/mol. The summed E-state index contributed by atoms with van der Waals surface area (Å²) in [5, 5.41) is 6.20. The summed E-state index contributed by atoms with van der Waals surface area (Å²) in [5.74, 6) is 0.429. The molecule has 1 heterocycles. The van der Waals surface area contributed by atoms with E-state index in [1.807, 2.05) is 75.4 Å². The van der Waals surface area contributed by atoms with Crippen LogP contribution in [0.5, 0.6) is 11.5 Å². The van der Waals surface area contributed by atoms with Crippen molar-refractivity contribution in [2.75, 3.05) is 18.5 Å². The normalized spacial score (nSPS) is 14.9. The maximum atomic E-state index is 13.2. The Morgan fingerprint density at radius 3 is 2.49 bits per heavy atom. The highest BCUT2D eigenvalue weighted by Crippen LogP contribution is 2.31. The zero-order valence-corrected chi connectivity index (χ0v) is 21.8. The fourth-order valence-corrected chi connectivity index (χ4v) is 4.28. The summed E-state index contributed by atoms with van der Waals surface area (Å²) in [7, 11) is 0. The fourth-order valence-electron chi connectivity index (χ4n) is 3.93. The van der Waals surface area contributed by atoms with Crippen LogP contribution in [0.3, 0.4) is 0 Å². The molecule has 0 spiro atoms. The highest BCUT2D eigenvalue weighted by molar-refractivity contribution is 7.80. The van der Waals surface area contributed by atoms with Crippen molar-refractivity contribution in [1.82, 2.24) is 10.2 Å². The molecule has 4 rings (SSSR count). The number of carbonyl (C=O) groups excluding carboxylic acids is 2. The van der Waals surface area contributed by atoms with Crippen LogP contribution in [-0.4, -0.2) is 35.0 Å². The Balaban J connectivity index is 1.46. The molecule has 3 aromatic carbocycles. The molecule has 1 aliphatic rings. The molecule has 1 fully saturated rings. The van der Waals surface area contributed by atoms with E-state index in [1.54, 1.807) is 29.2 Å². The van der Waals surface area contributed by atoms with Gasteiger partial charge in [0, 0.05) is 5.69 Å². The van der Waals surface area contributed by atoms with Crippen LogP contribution in [0, 0.1) is 6.92 Å². The van der Waals surface area contributed by atoms with E-state index in [-0.39, 0.29) is 24.5 Å². The van der Waals surface area contributed by atoms with Crippen LogP contribution in [-0.2, 0) is 9.59 Å². The van der Waals surface area contributed by atoms with Crippen molar-refractivity contribution < 1.29 is 19.1 Å². The summed E-state index contributed by atoms with van der Waals surface area (Å²) in [4.78, 5) is 27.1. The minimum Gasteiger partial charge on any atom is -0.490 e. The summed E-state index contributed by atoms with van der Waals surface area (Å²) >= 11 is 5.46. The van der Waals surface area contributed by atoms with Crippen molar-refractivity contribution in [3.8, 4) is 11.5 Å². The molecule has 8 heteroatoms. The Morgan fingerprint density at radius 1 is 1.05 bits per heavy atom. The van der Waals surface area contributed by atoms with Gasteiger partial charge in [-0.1, -0.05) is 54.1 Å². The smallest absolute Gasteiger partial charge is 0.277 e. The third-order valence-corrected chi connectivity index (χ3v) is 6.15. The van der Waals surface area contributed by atoms with Gasteiger partial charge in [-0.15, -0.1) is 0 Å². The Kier molecular flexibility index (Phi) is 8.20. The Bertz CT molecular complexity index is 1320. The van der Waals surface area contributed by atoms with E-state index in [0.29, 0.717) is 34.6 Å². The van der Waals surface area contributed by atoms with Gasteiger partial charge in [0.15, 0.2) is 23.2 Å². The van der Waals surface area contributed by atoms with Gasteiger partial charge in [-0.05, 0) is 74.5 Å². The highest BCUT2D eigenvalue weighted by atomic mass is 32.1. The molecular formula is C29H29N3O4S. The lowest BCUT2D eigenvalue weighted by atomic mass is 10.1. The van der Waals surface area contributed by atoms with E-state index < -0.39 is 0 Å². The number of nitrogens with zero attached hydrogens (tertiary/aromatic N) is 1. The molecule has 7 nitrogen and oxygen atoms in total. The van der Waals surface area contributed by atoms with Gasteiger partial charge in [0.05, 0.1) is 12.6 Å². The van der Waals surface area contributed by atoms with Gasteiger partial charge in [-0.25, -0.2) is 0 Å². The van der Waals surface area contributed by atoms with Gasteiger partial charge in [-0.2, -0.15) is 0 Å². The average molecular weight is 516 g/mol. The third-order valence-electron chi connectivity index (χ3n) is 5.85. The van der Waals surface area contributed by atoms with E-state index in [4.69, 9.17) is 21.7 Å². The van der Waals surface area contributed by atoms with Crippen LogP contribution in [0.2, 0.25) is 0 Å². The van der Waals surface area contributed by atoms with E-state index in [1.165, 1.54) is 0 Å². The van der Waals surface area contributed by atoms with Gasteiger partial charge in [0.25, 0.3) is 11.8 Å². The number of nitrogens with one attached hydrogen (secondary N) is 2. The van der Waals surface area contributed by atoms with Crippen molar-refractivity contribution in [2.45, 2.75) is 26.8 Å². The lowest BCUT2D eigenvalue weighted by Crippen LogP contribution is -2.33. The first-order valence-electron chi connectivity index (χ1n) is 12.0.